The lowest BCUT2D eigenvalue weighted by Gasteiger charge is -2.24. The fraction of sp³-hybridized carbons (Fsp3) is 0.500. The summed E-state index contributed by atoms with van der Waals surface area (Å²) >= 11 is 0. The van der Waals surface area contributed by atoms with Crippen molar-refractivity contribution >= 4 is 5.91 Å². The van der Waals surface area contributed by atoms with E-state index < -0.39 is 0 Å². The standard InChI is InChI=1S/C18H24N4O2/c1-12(2)18-20-17(21-24-18)15-9-6-10-22(15)16(23)11-14(19)13-7-4-3-5-8-13/h3-5,7-8,12,14-15H,6,9-11,19H2,1-2H3. The molecule has 2 aromatic rings. The first-order valence-electron chi connectivity index (χ1n) is 8.49. The minimum atomic E-state index is -0.295. The van der Waals surface area contributed by atoms with Gasteiger partial charge in [0.05, 0.1) is 6.04 Å². The molecular weight excluding hydrogens is 304 g/mol. The van der Waals surface area contributed by atoms with Gasteiger partial charge in [-0.3, -0.25) is 4.79 Å². The van der Waals surface area contributed by atoms with E-state index in [9.17, 15) is 4.79 Å². The maximum Gasteiger partial charge on any atom is 0.229 e. The Morgan fingerprint density at radius 3 is 2.79 bits per heavy atom. The molecule has 1 aliphatic rings. The minimum Gasteiger partial charge on any atom is -0.339 e. The van der Waals surface area contributed by atoms with Gasteiger partial charge in [0, 0.05) is 24.9 Å². The normalized spacial score (nSPS) is 19.0. The van der Waals surface area contributed by atoms with Gasteiger partial charge >= 0.3 is 0 Å². The van der Waals surface area contributed by atoms with Crippen molar-refractivity contribution in [3.05, 3.63) is 47.6 Å². The van der Waals surface area contributed by atoms with Gasteiger partial charge in [-0.2, -0.15) is 4.98 Å². The average molecular weight is 328 g/mol. The van der Waals surface area contributed by atoms with Gasteiger partial charge in [-0.25, -0.2) is 0 Å². The van der Waals surface area contributed by atoms with Crippen molar-refractivity contribution in [1.82, 2.24) is 15.0 Å². The lowest BCUT2D eigenvalue weighted by Crippen LogP contribution is -2.33. The second-order valence-electron chi connectivity index (χ2n) is 6.61. The zero-order valence-corrected chi connectivity index (χ0v) is 14.2. The molecule has 6 heteroatoms. The van der Waals surface area contributed by atoms with E-state index in [1.54, 1.807) is 0 Å². The quantitative estimate of drug-likeness (QED) is 0.912. The van der Waals surface area contributed by atoms with Crippen LogP contribution in [0.2, 0.25) is 0 Å². The molecular formula is C18H24N4O2. The van der Waals surface area contributed by atoms with E-state index >= 15 is 0 Å². The Hall–Kier alpha value is -2.21. The predicted octanol–water partition coefficient (Wildman–Crippen LogP) is 2.95. The third-order valence-electron chi connectivity index (χ3n) is 4.44. The summed E-state index contributed by atoms with van der Waals surface area (Å²) in [5.74, 6) is 1.45. The number of hydrogen-bond donors (Lipinski definition) is 1. The first kappa shape index (κ1) is 16.6. The summed E-state index contributed by atoms with van der Waals surface area (Å²) in [6.45, 7) is 4.73. The van der Waals surface area contributed by atoms with Crippen LogP contribution in [0.5, 0.6) is 0 Å². The predicted molar refractivity (Wildman–Crippen MR) is 90.1 cm³/mol. The van der Waals surface area contributed by atoms with Crippen molar-refractivity contribution in [2.24, 2.45) is 5.73 Å². The molecule has 2 atom stereocenters. The summed E-state index contributed by atoms with van der Waals surface area (Å²) in [7, 11) is 0. The third kappa shape index (κ3) is 3.48. The molecule has 2 unspecified atom stereocenters. The highest BCUT2D eigenvalue weighted by atomic mass is 16.5. The van der Waals surface area contributed by atoms with Crippen LogP contribution in [0.25, 0.3) is 0 Å². The lowest BCUT2D eigenvalue weighted by atomic mass is 10.0. The number of nitrogens with zero attached hydrogens (tertiary/aromatic N) is 3. The van der Waals surface area contributed by atoms with Gasteiger partial charge < -0.3 is 15.2 Å². The SMILES string of the molecule is CC(C)c1nc(C2CCCN2C(=O)CC(N)c2ccccc2)no1. The van der Waals surface area contributed by atoms with Crippen molar-refractivity contribution in [3.63, 3.8) is 0 Å². The molecule has 0 bridgehead atoms. The molecule has 3 rings (SSSR count). The minimum absolute atomic E-state index is 0.0461. The lowest BCUT2D eigenvalue weighted by molar-refractivity contribution is -0.132. The molecule has 1 amide bonds. The summed E-state index contributed by atoms with van der Waals surface area (Å²) in [5.41, 5.74) is 7.17. The molecule has 1 aromatic heterocycles. The summed E-state index contributed by atoms with van der Waals surface area (Å²) in [6, 6.07) is 9.32. The number of hydrogen-bond acceptors (Lipinski definition) is 5. The number of carbonyl (C=O) groups excluding carboxylic acids is 1. The number of benzene rings is 1. The van der Waals surface area contributed by atoms with E-state index in [4.69, 9.17) is 10.3 Å². The van der Waals surface area contributed by atoms with Crippen molar-refractivity contribution < 1.29 is 9.32 Å². The highest BCUT2D eigenvalue weighted by Crippen LogP contribution is 2.32. The molecule has 0 saturated carbocycles. The highest BCUT2D eigenvalue weighted by Gasteiger charge is 2.34. The van der Waals surface area contributed by atoms with E-state index in [0.29, 0.717) is 11.7 Å². The van der Waals surface area contributed by atoms with Gasteiger partial charge in [0.1, 0.15) is 0 Å². The Morgan fingerprint density at radius 1 is 1.38 bits per heavy atom. The van der Waals surface area contributed by atoms with Gasteiger partial charge in [0.15, 0.2) is 5.82 Å². The zero-order valence-electron chi connectivity index (χ0n) is 14.2. The number of amides is 1. The molecule has 1 aromatic carbocycles. The largest absolute Gasteiger partial charge is 0.339 e. The van der Waals surface area contributed by atoms with Crippen LogP contribution in [0.15, 0.2) is 34.9 Å². The summed E-state index contributed by atoms with van der Waals surface area (Å²) < 4.78 is 5.29. The molecule has 1 aliphatic heterocycles. The van der Waals surface area contributed by atoms with Crippen molar-refractivity contribution in [2.45, 2.75) is 51.1 Å². The molecule has 0 radical (unpaired) electrons. The molecule has 0 spiro atoms. The molecule has 0 aliphatic carbocycles. The van der Waals surface area contributed by atoms with Crippen LogP contribution in [0.1, 0.15) is 68.4 Å². The summed E-state index contributed by atoms with van der Waals surface area (Å²) in [4.78, 5) is 19.0. The van der Waals surface area contributed by atoms with Gasteiger partial charge in [0.2, 0.25) is 11.8 Å². The monoisotopic (exact) mass is 328 g/mol. The Kier molecular flexibility index (Phi) is 4.94. The molecule has 1 saturated heterocycles. The van der Waals surface area contributed by atoms with Crippen LogP contribution in [-0.4, -0.2) is 27.5 Å². The number of rotatable bonds is 5. The Morgan fingerprint density at radius 2 is 2.12 bits per heavy atom. The van der Waals surface area contributed by atoms with E-state index in [2.05, 4.69) is 10.1 Å². The van der Waals surface area contributed by atoms with Crippen molar-refractivity contribution in [2.75, 3.05) is 6.54 Å². The van der Waals surface area contributed by atoms with E-state index in [-0.39, 0.29) is 30.3 Å². The summed E-state index contributed by atoms with van der Waals surface area (Å²) in [6.07, 6.45) is 2.10. The first-order valence-corrected chi connectivity index (χ1v) is 8.49. The molecule has 128 valence electrons. The molecule has 24 heavy (non-hydrogen) atoms. The van der Waals surface area contributed by atoms with E-state index in [1.165, 1.54) is 0 Å². The highest BCUT2D eigenvalue weighted by molar-refractivity contribution is 5.77. The number of nitrogens with two attached hydrogens (primary N) is 1. The number of likely N-dealkylation sites (tertiary alicyclic amines) is 1. The van der Waals surface area contributed by atoms with Crippen molar-refractivity contribution in [1.29, 1.82) is 0 Å². The fourth-order valence-corrected chi connectivity index (χ4v) is 3.07. The van der Waals surface area contributed by atoms with Crippen LogP contribution in [0.3, 0.4) is 0 Å². The van der Waals surface area contributed by atoms with Crippen LogP contribution in [-0.2, 0) is 4.79 Å². The molecule has 2 heterocycles. The van der Waals surface area contributed by atoms with Crippen LogP contribution in [0.4, 0.5) is 0 Å². The molecule has 2 N–H and O–H groups in total. The van der Waals surface area contributed by atoms with Gasteiger partial charge in [-0.05, 0) is 18.4 Å². The van der Waals surface area contributed by atoms with Crippen molar-refractivity contribution in [3.8, 4) is 0 Å². The Bertz CT molecular complexity index is 683. The second kappa shape index (κ2) is 7.13. The summed E-state index contributed by atoms with van der Waals surface area (Å²) in [5, 5.41) is 4.08. The van der Waals surface area contributed by atoms with Crippen LogP contribution >= 0.6 is 0 Å². The molecule has 6 nitrogen and oxygen atoms in total. The maximum atomic E-state index is 12.7. The Balaban J connectivity index is 1.69. The molecule has 1 fully saturated rings. The number of carbonyl (C=O) groups is 1. The average Bonchev–Trinajstić information content (AvgIpc) is 3.24. The zero-order chi connectivity index (χ0) is 17.1. The van der Waals surface area contributed by atoms with Crippen LogP contribution < -0.4 is 5.73 Å². The van der Waals surface area contributed by atoms with Crippen LogP contribution in [0, 0.1) is 0 Å². The number of aromatic nitrogens is 2. The van der Waals surface area contributed by atoms with Gasteiger partial charge in [-0.1, -0.05) is 49.3 Å². The third-order valence-corrected chi connectivity index (χ3v) is 4.44. The van der Waals surface area contributed by atoms with E-state index in [1.807, 2.05) is 49.1 Å². The fourth-order valence-electron chi connectivity index (χ4n) is 3.07. The van der Waals surface area contributed by atoms with Gasteiger partial charge in [-0.15, -0.1) is 0 Å². The second-order valence-corrected chi connectivity index (χ2v) is 6.61. The first-order chi connectivity index (χ1) is 11.6. The van der Waals surface area contributed by atoms with E-state index in [0.717, 1.165) is 24.9 Å². The van der Waals surface area contributed by atoms with Gasteiger partial charge in [0.25, 0.3) is 0 Å². The smallest absolute Gasteiger partial charge is 0.229 e. The Labute approximate surface area is 142 Å². The maximum absolute atomic E-state index is 12.7. The topological polar surface area (TPSA) is 85.2 Å².